The molecule has 1 fully saturated rings. The SMILES string of the molecule is CC(C)C[C@H](NC(=O)[C@@H]1CCCN1C(=O)CNC(=O)[C@@H](N)CCCCN)C(=O)NCC(=O)N[C@H](C(=O)N[C@@H](CCCN=C(N)N)C(=O)N[C@@H](CCCCN)C(=O)N[C@@H](CCCN=C(N)N)C(=O)N[C@@H](CCCN=C(N)N)C(=O)N[C@@H](CCCN=C(N)N)C(=O)O)C(C)C. The van der Waals surface area contributed by atoms with Gasteiger partial charge in [-0.25, -0.2) is 4.79 Å². The predicted molar refractivity (Wildman–Crippen MR) is 350 cm³/mol. The van der Waals surface area contributed by atoms with E-state index in [1.807, 2.05) is 13.8 Å². The first-order valence-electron chi connectivity index (χ1n) is 31.5. The zero-order chi connectivity index (χ0) is 70.2. The zero-order valence-electron chi connectivity index (χ0n) is 54.3. The van der Waals surface area contributed by atoms with Crippen molar-refractivity contribution in [1.29, 1.82) is 0 Å². The number of carbonyl (C=O) groups excluding carboxylic acids is 10. The van der Waals surface area contributed by atoms with Crippen molar-refractivity contribution in [3.05, 3.63) is 0 Å². The lowest BCUT2D eigenvalue weighted by atomic mass is 10.0. The normalized spacial score (nSPS) is 15.2. The fourth-order valence-corrected chi connectivity index (χ4v) is 9.58. The Morgan fingerprint density at radius 2 is 0.849 bits per heavy atom. The topological polar surface area (TPSA) is 655 Å². The number of nitrogens with two attached hydrogens (primary N) is 11. The molecule has 9 atom stereocenters. The standard InChI is InChI=1S/C56H107N25O12/c1-31(2)28-39(79-50(90)40-20-13-27-81(40)42(83)30-73-44(84)33(59)14-5-7-21-57)45(85)72-29-41(82)80-43(32(3)4)51(91)77-37(18-11-25-70-55(64)65)48(88)74-34(15-6-8-22-58)46(86)75-35(16-9-23-68-53(60)61)47(87)76-36(17-10-24-69-54(62)63)49(89)78-38(52(92)93)19-12-26-71-56(66)67/h31-40,43H,5-30,57-59H2,1-4H3,(H,72,85)(H,73,84)(H,74,88)(H,75,86)(H,76,87)(H,77,91)(H,78,89)(H,79,90)(H,80,82)(H,92,93)(H4,60,61,68)(H4,62,63,69)(H4,64,65,70)(H4,66,67,71)/t33-,34-,35-,36-,37-,38-,39-,40-,43-/m0/s1. The van der Waals surface area contributed by atoms with Crippen LogP contribution in [0, 0.1) is 11.8 Å². The number of aliphatic imine (C=N–C) groups is 4. The molecule has 32 N–H and O–H groups in total. The first-order chi connectivity index (χ1) is 43.9. The lowest BCUT2D eigenvalue weighted by Crippen LogP contribution is -2.60. The van der Waals surface area contributed by atoms with Gasteiger partial charge >= 0.3 is 5.97 Å². The summed E-state index contributed by atoms with van der Waals surface area (Å²) in [5, 5.41) is 33.4. The van der Waals surface area contributed by atoms with Crippen LogP contribution in [0.3, 0.4) is 0 Å². The number of carbonyl (C=O) groups is 11. The van der Waals surface area contributed by atoms with Crippen LogP contribution in [-0.2, 0) is 52.7 Å². The van der Waals surface area contributed by atoms with E-state index in [0.29, 0.717) is 45.1 Å². The molecule has 37 nitrogen and oxygen atoms in total. The zero-order valence-corrected chi connectivity index (χ0v) is 54.3. The van der Waals surface area contributed by atoms with Crippen LogP contribution in [0.1, 0.15) is 137 Å². The van der Waals surface area contributed by atoms with E-state index in [1.54, 1.807) is 13.8 Å². The highest BCUT2D eigenvalue weighted by Gasteiger charge is 2.38. The maximum Gasteiger partial charge on any atom is 0.326 e. The molecule has 0 aliphatic carbocycles. The highest BCUT2D eigenvalue weighted by Crippen LogP contribution is 2.19. The molecular formula is C56H107N25O12. The van der Waals surface area contributed by atoms with Crippen LogP contribution in [0.15, 0.2) is 20.0 Å². The molecule has 0 aromatic carbocycles. The van der Waals surface area contributed by atoms with Gasteiger partial charge in [-0.05, 0) is 128 Å². The number of carboxylic acids is 1. The van der Waals surface area contributed by atoms with E-state index in [2.05, 4.69) is 67.8 Å². The highest BCUT2D eigenvalue weighted by atomic mass is 16.4. The average molecular weight is 1320 g/mol. The Kier molecular flexibility index (Phi) is 40.1. The van der Waals surface area contributed by atoms with Crippen LogP contribution in [0.4, 0.5) is 0 Å². The number of aliphatic carboxylic acids is 1. The van der Waals surface area contributed by atoms with E-state index in [9.17, 15) is 57.8 Å². The van der Waals surface area contributed by atoms with Crippen molar-refractivity contribution >= 4 is 88.9 Å². The van der Waals surface area contributed by atoms with Crippen LogP contribution in [0.25, 0.3) is 0 Å². The van der Waals surface area contributed by atoms with Crippen molar-refractivity contribution in [2.24, 2.45) is 94.9 Å². The Bertz CT molecular complexity index is 2540. The van der Waals surface area contributed by atoms with E-state index < -0.39 is 138 Å². The molecule has 0 unspecified atom stereocenters. The van der Waals surface area contributed by atoms with Gasteiger partial charge in [-0.1, -0.05) is 34.1 Å². The molecule has 1 aliphatic rings. The minimum atomic E-state index is -1.44. The smallest absolute Gasteiger partial charge is 0.326 e. The molecule has 0 saturated carbocycles. The monoisotopic (exact) mass is 1320 g/mol. The van der Waals surface area contributed by atoms with Gasteiger partial charge in [0.05, 0.1) is 19.1 Å². The summed E-state index contributed by atoms with van der Waals surface area (Å²) in [6.07, 6.45) is 3.30. The van der Waals surface area contributed by atoms with Crippen LogP contribution in [0.2, 0.25) is 0 Å². The summed E-state index contributed by atoms with van der Waals surface area (Å²) in [6.45, 7) is 6.79. The van der Waals surface area contributed by atoms with E-state index in [4.69, 9.17) is 63.1 Å². The third-order valence-corrected chi connectivity index (χ3v) is 14.5. The Hall–Kier alpha value is -8.87. The van der Waals surface area contributed by atoms with Crippen molar-refractivity contribution < 1.29 is 57.8 Å². The van der Waals surface area contributed by atoms with Gasteiger partial charge in [-0.3, -0.25) is 67.9 Å². The molecule has 93 heavy (non-hydrogen) atoms. The van der Waals surface area contributed by atoms with E-state index in [1.165, 1.54) is 4.90 Å². The van der Waals surface area contributed by atoms with Gasteiger partial charge in [0.1, 0.15) is 48.3 Å². The average Bonchev–Trinajstić information content (AvgIpc) is 1.85. The van der Waals surface area contributed by atoms with Gasteiger partial charge in [0, 0.05) is 32.7 Å². The van der Waals surface area contributed by atoms with E-state index in [-0.39, 0.29) is 140 Å². The number of amides is 10. The molecule has 0 spiro atoms. The van der Waals surface area contributed by atoms with Gasteiger partial charge < -0.3 is 121 Å². The Labute approximate surface area is 542 Å². The second-order valence-electron chi connectivity index (χ2n) is 23.3. The molecule has 1 rings (SSSR count). The molecule has 0 radical (unpaired) electrons. The number of hydrogen-bond donors (Lipinski definition) is 21. The third-order valence-electron chi connectivity index (χ3n) is 14.5. The number of hydrogen-bond acceptors (Lipinski definition) is 18. The van der Waals surface area contributed by atoms with Gasteiger partial charge in [0.15, 0.2) is 23.8 Å². The number of nitrogens with zero attached hydrogens (tertiary/aromatic N) is 5. The fraction of sp³-hybridized carbons (Fsp3) is 0.732. The molecule has 0 aromatic heterocycles. The van der Waals surface area contributed by atoms with Gasteiger partial charge in [0.2, 0.25) is 59.1 Å². The Morgan fingerprint density at radius 1 is 0.462 bits per heavy atom. The number of guanidine groups is 4. The van der Waals surface area contributed by atoms with E-state index in [0.717, 1.165) is 0 Å². The summed E-state index contributed by atoms with van der Waals surface area (Å²) in [5.74, 6) is -10.7. The van der Waals surface area contributed by atoms with Crippen LogP contribution < -0.4 is 111 Å². The van der Waals surface area contributed by atoms with Gasteiger partial charge in [-0.15, -0.1) is 0 Å². The van der Waals surface area contributed by atoms with E-state index >= 15 is 0 Å². The molecule has 1 saturated heterocycles. The summed E-state index contributed by atoms with van der Waals surface area (Å²) < 4.78 is 0. The minimum absolute atomic E-state index is 0.00232. The molecule has 10 amide bonds. The molecule has 1 heterocycles. The summed E-state index contributed by atoms with van der Waals surface area (Å²) >= 11 is 0. The van der Waals surface area contributed by atoms with Crippen molar-refractivity contribution in [1.82, 2.24) is 52.8 Å². The lowest BCUT2D eigenvalue weighted by molar-refractivity contribution is -0.142. The third kappa shape index (κ3) is 34.9. The maximum absolute atomic E-state index is 14.5. The first-order valence-corrected chi connectivity index (χ1v) is 31.5. The number of carboxylic acid groups (broad SMARTS) is 1. The number of likely N-dealkylation sites (tertiary alicyclic amines) is 1. The number of unbranched alkanes of at least 4 members (excludes halogenated alkanes) is 2. The van der Waals surface area contributed by atoms with Gasteiger partial charge in [-0.2, -0.15) is 0 Å². The van der Waals surface area contributed by atoms with Crippen LogP contribution in [0.5, 0.6) is 0 Å². The lowest BCUT2D eigenvalue weighted by Gasteiger charge is -2.28. The molecule has 528 valence electrons. The van der Waals surface area contributed by atoms with Crippen molar-refractivity contribution in [2.75, 3.05) is 58.9 Å². The summed E-state index contributed by atoms with van der Waals surface area (Å²) in [5.41, 5.74) is 61.2. The molecular weight excluding hydrogens is 1210 g/mol. The minimum Gasteiger partial charge on any atom is -0.480 e. The molecule has 0 bridgehead atoms. The predicted octanol–water partition coefficient (Wildman–Crippen LogP) is -7.81. The largest absolute Gasteiger partial charge is 0.480 e. The summed E-state index contributed by atoms with van der Waals surface area (Å²) in [4.78, 5) is 167. The van der Waals surface area contributed by atoms with Crippen molar-refractivity contribution in [2.45, 2.75) is 191 Å². The Balaban J connectivity index is 3.47. The summed E-state index contributed by atoms with van der Waals surface area (Å²) in [6, 6.07) is -11.3. The fourth-order valence-electron chi connectivity index (χ4n) is 9.58. The first kappa shape index (κ1) is 82.1. The Morgan fingerprint density at radius 3 is 1.25 bits per heavy atom. The molecule has 37 heteroatoms. The van der Waals surface area contributed by atoms with Crippen LogP contribution in [-0.4, -0.2) is 212 Å². The van der Waals surface area contributed by atoms with Crippen molar-refractivity contribution in [3.63, 3.8) is 0 Å². The van der Waals surface area contributed by atoms with Crippen molar-refractivity contribution in [3.8, 4) is 0 Å². The second kappa shape index (κ2) is 45.4. The molecule has 0 aromatic rings. The maximum atomic E-state index is 14.5. The highest BCUT2D eigenvalue weighted by molar-refractivity contribution is 5.98. The van der Waals surface area contributed by atoms with Gasteiger partial charge in [0.25, 0.3) is 0 Å². The molecule has 1 aliphatic heterocycles. The number of nitrogens with one attached hydrogen (secondary N) is 9. The quantitative estimate of drug-likeness (QED) is 0.0153. The number of rotatable bonds is 47. The van der Waals surface area contributed by atoms with Crippen LogP contribution >= 0.6 is 0 Å². The second-order valence-corrected chi connectivity index (χ2v) is 23.3. The summed E-state index contributed by atoms with van der Waals surface area (Å²) in [7, 11) is 0.